The van der Waals surface area contributed by atoms with E-state index in [-0.39, 0.29) is 28.7 Å². The summed E-state index contributed by atoms with van der Waals surface area (Å²) in [6, 6.07) is 18.0. The van der Waals surface area contributed by atoms with Gasteiger partial charge in [-0.15, -0.1) is 0 Å². The fourth-order valence-corrected chi connectivity index (χ4v) is 3.41. The van der Waals surface area contributed by atoms with Crippen LogP contribution in [0.5, 0.6) is 11.5 Å². The first-order valence-corrected chi connectivity index (χ1v) is 10.1. The monoisotopic (exact) mass is 472 g/mol. The maximum absolute atomic E-state index is 12.5. The van der Waals surface area contributed by atoms with E-state index < -0.39 is 5.91 Å². The second kappa shape index (κ2) is 10.2. The molecule has 31 heavy (non-hydrogen) atoms. The fourth-order valence-electron chi connectivity index (χ4n) is 2.65. The Balaban J connectivity index is 1.89. The van der Waals surface area contributed by atoms with Gasteiger partial charge in [-0.05, 0) is 48.5 Å². The Morgan fingerprint density at radius 1 is 1.06 bits per heavy atom. The predicted octanol–water partition coefficient (Wildman–Crippen LogP) is 6.48. The molecule has 5 nitrogen and oxygen atoms in total. The van der Waals surface area contributed by atoms with Gasteiger partial charge in [0.15, 0.2) is 0 Å². The minimum atomic E-state index is -0.638. The van der Waals surface area contributed by atoms with Crippen molar-refractivity contribution in [3.05, 3.63) is 92.4 Å². The largest absolute Gasteiger partial charge is 0.508 e. The molecule has 3 aromatic rings. The molecular weight excluding hydrogens is 459 g/mol. The van der Waals surface area contributed by atoms with Gasteiger partial charge in [-0.2, -0.15) is 5.26 Å². The van der Waals surface area contributed by atoms with Gasteiger partial charge in [0.1, 0.15) is 29.7 Å². The molecule has 0 bridgehead atoms. The number of aromatic hydroxyl groups is 1. The van der Waals surface area contributed by atoms with Crippen molar-refractivity contribution in [1.82, 2.24) is 0 Å². The molecule has 0 aliphatic heterocycles. The fraction of sp³-hybridized carbons (Fsp3) is 0.0435. The highest BCUT2D eigenvalue weighted by molar-refractivity contribution is 6.36. The molecule has 8 heteroatoms. The third-order valence-electron chi connectivity index (χ3n) is 4.16. The molecule has 0 aromatic heterocycles. The first kappa shape index (κ1) is 22.5. The van der Waals surface area contributed by atoms with Crippen molar-refractivity contribution in [3.8, 4) is 17.6 Å². The number of nitrogens with zero attached hydrogens (tertiary/aromatic N) is 1. The lowest BCUT2D eigenvalue weighted by Gasteiger charge is -2.13. The zero-order chi connectivity index (χ0) is 22.4. The van der Waals surface area contributed by atoms with Gasteiger partial charge in [0.2, 0.25) is 0 Å². The average Bonchev–Trinajstić information content (AvgIpc) is 2.74. The van der Waals surface area contributed by atoms with E-state index >= 15 is 0 Å². The molecule has 0 saturated carbocycles. The first-order valence-electron chi connectivity index (χ1n) is 8.95. The van der Waals surface area contributed by atoms with Gasteiger partial charge in [0.25, 0.3) is 5.91 Å². The Bertz CT molecular complexity index is 1190. The van der Waals surface area contributed by atoms with Crippen molar-refractivity contribution in [3.63, 3.8) is 0 Å². The van der Waals surface area contributed by atoms with E-state index in [0.717, 1.165) is 5.56 Å². The van der Waals surface area contributed by atoms with Crippen LogP contribution in [0.15, 0.2) is 66.2 Å². The van der Waals surface area contributed by atoms with Crippen LogP contribution in [0.25, 0.3) is 6.08 Å². The molecule has 0 aliphatic carbocycles. The van der Waals surface area contributed by atoms with Crippen LogP contribution < -0.4 is 10.1 Å². The molecule has 0 heterocycles. The molecule has 0 radical (unpaired) electrons. The van der Waals surface area contributed by atoms with Crippen LogP contribution in [0.3, 0.4) is 0 Å². The van der Waals surface area contributed by atoms with Gasteiger partial charge in [-0.25, -0.2) is 0 Å². The SMILES string of the molecule is N#C/C(=C\c1cc(Cl)cc(Cl)c1OCc1ccccc1Cl)C(=O)Nc1ccc(O)cc1. The number of carbonyl (C=O) groups excluding carboxylic acids is 1. The predicted molar refractivity (Wildman–Crippen MR) is 123 cm³/mol. The zero-order valence-electron chi connectivity index (χ0n) is 15.9. The number of hydrogen-bond acceptors (Lipinski definition) is 4. The normalized spacial score (nSPS) is 11.0. The number of halogens is 3. The first-order chi connectivity index (χ1) is 14.9. The van der Waals surface area contributed by atoms with Gasteiger partial charge in [0.05, 0.1) is 5.02 Å². The molecule has 0 unspecified atom stereocenters. The number of phenolic OH excluding ortho intramolecular Hbond substituents is 1. The quantitative estimate of drug-likeness (QED) is 0.244. The summed E-state index contributed by atoms with van der Waals surface area (Å²) in [7, 11) is 0. The number of hydrogen-bond donors (Lipinski definition) is 2. The van der Waals surface area contributed by atoms with Gasteiger partial charge < -0.3 is 15.2 Å². The van der Waals surface area contributed by atoms with Crippen molar-refractivity contribution in [1.29, 1.82) is 5.26 Å². The second-order valence-corrected chi connectivity index (χ2v) is 7.61. The smallest absolute Gasteiger partial charge is 0.266 e. The van der Waals surface area contributed by atoms with Crippen molar-refractivity contribution in [2.45, 2.75) is 6.61 Å². The third kappa shape index (κ3) is 5.93. The maximum atomic E-state index is 12.5. The van der Waals surface area contributed by atoms with Crippen molar-refractivity contribution < 1.29 is 14.6 Å². The van der Waals surface area contributed by atoms with Crippen LogP contribution in [0.4, 0.5) is 5.69 Å². The molecule has 1 amide bonds. The molecule has 0 spiro atoms. The number of benzene rings is 3. The van der Waals surface area contributed by atoms with Gasteiger partial charge in [-0.3, -0.25) is 4.79 Å². The standard InChI is InChI=1S/C23H15Cl3N2O3/c24-17-10-15(9-16(12-27)23(30)28-18-5-7-19(29)8-6-18)22(21(26)11-17)31-13-14-3-1-2-4-20(14)25/h1-11,29H,13H2,(H,28,30)/b16-9+. The lowest BCUT2D eigenvalue weighted by molar-refractivity contribution is -0.112. The number of phenols is 1. The van der Waals surface area contributed by atoms with E-state index in [4.69, 9.17) is 39.5 Å². The summed E-state index contributed by atoms with van der Waals surface area (Å²) in [5, 5.41) is 22.5. The Kier molecular flexibility index (Phi) is 7.43. The number of nitriles is 1. The average molecular weight is 474 g/mol. The van der Waals surface area contributed by atoms with E-state index in [1.54, 1.807) is 18.2 Å². The lowest BCUT2D eigenvalue weighted by atomic mass is 10.1. The second-order valence-electron chi connectivity index (χ2n) is 6.36. The van der Waals surface area contributed by atoms with Crippen molar-refractivity contribution in [2.24, 2.45) is 0 Å². The summed E-state index contributed by atoms with van der Waals surface area (Å²) in [6.45, 7) is 0.128. The molecule has 3 rings (SSSR count). The Morgan fingerprint density at radius 2 is 1.77 bits per heavy atom. The highest BCUT2D eigenvalue weighted by atomic mass is 35.5. The Morgan fingerprint density at radius 3 is 2.45 bits per heavy atom. The zero-order valence-corrected chi connectivity index (χ0v) is 18.2. The summed E-state index contributed by atoms with van der Waals surface area (Å²) >= 11 is 18.6. The third-order valence-corrected chi connectivity index (χ3v) is 5.02. The number of amides is 1. The molecule has 0 aliphatic rings. The van der Waals surface area contributed by atoms with Crippen LogP contribution >= 0.6 is 34.8 Å². The molecule has 0 atom stereocenters. The minimum Gasteiger partial charge on any atom is -0.508 e. The highest BCUT2D eigenvalue weighted by Crippen LogP contribution is 2.35. The number of rotatable bonds is 6. The van der Waals surface area contributed by atoms with E-state index in [1.165, 1.54) is 36.4 Å². The van der Waals surface area contributed by atoms with Gasteiger partial charge in [0, 0.05) is 26.9 Å². The number of nitrogens with one attached hydrogen (secondary N) is 1. The number of ether oxygens (including phenoxy) is 1. The van der Waals surface area contributed by atoms with Gasteiger partial charge in [-0.1, -0.05) is 53.0 Å². The maximum Gasteiger partial charge on any atom is 0.266 e. The van der Waals surface area contributed by atoms with Crippen molar-refractivity contribution in [2.75, 3.05) is 5.32 Å². The van der Waals surface area contributed by atoms with E-state index in [0.29, 0.717) is 21.3 Å². The van der Waals surface area contributed by atoms with Crippen LogP contribution in [0.2, 0.25) is 15.1 Å². The molecule has 156 valence electrons. The number of carbonyl (C=O) groups is 1. The molecular formula is C23H15Cl3N2O3. The van der Waals surface area contributed by atoms with Crippen LogP contribution in [-0.4, -0.2) is 11.0 Å². The number of anilines is 1. The van der Waals surface area contributed by atoms with Crippen LogP contribution in [-0.2, 0) is 11.4 Å². The topological polar surface area (TPSA) is 82.3 Å². The summed E-state index contributed by atoms with van der Waals surface area (Å²) in [5.74, 6) is -0.319. The lowest BCUT2D eigenvalue weighted by Crippen LogP contribution is -2.13. The minimum absolute atomic E-state index is 0.0583. The molecule has 0 saturated heterocycles. The van der Waals surface area contributed by atoms with E-state index in [1.807, 2.05) is 18.2 Å². The van der Waals surface area contributed by atoms with Gasteiger partial charge >= 0.3 is 0 Å². The van der Waals surface area contributed by atoms with E-state index in [2.05, 4.69) is 5.32 Å². The molecule has 3 aromatic carbocycles. The molecule has 0 fully saturated rings. The summed E-state index contributed by atoms with van der Waals surface area (Å²) in [5.41, 5.74) is 1.34. The molecule has 2 N–H and O–H groups in total. The van der Waals surface area contributed by atoms with E-state index in [9.17, 15) is 15.2 Å². The van der Waals surface area contributed by atoms with Crippen LogP contribution in [0.1, 0.15) is 11.1 Å². The summed E-state index contributed by atoms with van der Waals surface area (Å²) in [6.07, 6.45) is 1.34. The highest BCUT2D eigenvalue weighted by Gasteiger charge is 2.15. The van der Waals surface area contributed by atoms with Crippen molar-refractivity contribution >= 4 is 52.5 Å². The Labute approximate surface area is 194 Å². The Hall–Kier alpha value is -3.17. The van der Waals surface area contributed by atoms with Crippen LogP contribution in [0, 0.1) is 11.3 Å². The summed E-state index contributed by atoms with van der Waals surface area (Å²) in [4.78, 5) is 12.5. The summed E-state index contributed by atoms with van der Waals surface area (Å²) < 4.78 is 5.86.